The Balaban J connectivity index is 2.51. The number of nitrogens with zero attached hydrogens (tertiary/aromatic N) is 2. The number of hydrogen-bond donors (Lipinski definition) is 1. The summed E-state index contributed by atoms with van der Waals surface area (Å²) in [5.41, 5.74) is 1.57. The summed E-state index contributed by atoms with van der Waals surface area (Å²) in [6.45, 7) is 13.1. The van der Waals surface area contributed by atoms with Gasteiger partial charge in [-0.3, -0.25) is 4.68 Å². The van der Waals surface area contributed by atoms with Crippen LogP contribution in [0, 0.1) is 5.92 Å². The van der Waals surface area contributed by atoms with Crippen molar-refractivity contribution in [2.45, 2.75) is 66.0 Å². The van der Waals surface area contributed by atoms with E-state index in [9.17, 15) is 0 Å². The molecule has 1 atom stereocenters. The lowest BCUT2D eigenvalue weighted by molar-refractivity contribution is 0.355. The molecule has 1 rings (SSSR count). The zero-order valence-electron chi connectivity index (χ0n) is 12.7. The summed E-state index contributed by atoms with van der Waals surface area (Å²) in [4.78, 5) is 0. The second kappa shape index (κ2) is 6.93. The summed E-state index contributed by atoms with van der Waals surface area (Å²) in [7, 11) is 0. The van der Waals surface area contributed by atoms with Gasteiger partial charge < -0.3 is 5.32 Å². The molecule has 1 unspecified atom stereocenters. The van der Waals surface area contributed by atoms with Crippen LogP contribution in [0.15, 0.2) is 12.4 Å². The van der Waals surface area contributed by atoms with Crippen molar-refractivity contribution in [2.75, 3.05) is 6.54 Å². The van der Waals surface area contributed by atoms with Crippen LogP contribution < -0.4 is 5.32 Å². The van der Waals surface area contributed by atoms with E-state index in [0.717, 1.165) is 19.5 Å². The quantitative estimate of drug-likeness (QED) is 0.806. The molecular formula is C15H29N3. The first-order valence-electron chi connectivity index (χ1n) is 7.21. The highest BCUT2D eigenvalue weighted by atomic mass is 15.3. The van der Waals surface area contributed by atoms with Crippen molar-refractivity contribution < 1.29 is 0 Å². The minimum Gasteiger partial charge on any atom is -0.312 e. The highest BCUT2D eigenvalue weighted by Gasteiger charge is 2.14. The topological polar surface area (TPSA) is 29.9 Å². The summed E-state index contributed by atoms with van der Waals surface area (Å²) in [5, 5.41) is 7.97. The number of hydrogen-bond acceptors (Lipinski definition) is 2. The van der Waals surface area contributed by atoms with Crippen molar-refractivity contribution in [3.05, 3.63) is 18.0 Å². The first-order chi connectivity index (χ1) is 8.44. The van der Waals surface area contributed by atoms with Crippen LogP contribution in [-0.4, -0.2) is 21.9 Å². The van der Waals surface area contributed by atoms with Crippen LogP contribution in [0.3, 0.4) is 0 Å². The van der Waals surface area contributed by atoms with Gasteiger partial charge in [0.25, 0.3) is 0 Å². The molecule has 0 amide bonds. The van der Waals surface area contributed by atoms with Gasteiger partial charge in [-0.1, -0.05) is 13.3 Å². The predicted molar refractivity (Wildman–Crippen MR) is 77.8 cm³/mol. The van der Waals surface area contributed by atoms with Crippen LogP contribution in [0.25, 0.3) is 0 Å². The minimum absolute atomic E-state index is 0.208. The van der Waals surface area contributed by atoms with Gasteiger partial charge in [-0.05, 0) is 58.6 Å². The van der Waals surface area contributed by atoms with Gasteiger partial charge in [0.1, 0.15) is 0 Å². The molecule has 0 aliphatic heterocycles. The lowest BCUT2D eigenvalue weighted by Crippen LogP contribution is -2.39. The van der Waals surface area contributed by atoms with Crippen LogP contribution in [-0.2, 0) is 13.0 Å². The van der Waals surface area contributed by atoms with E-state index in [4.69, 9.17) is 0 Å². The Kier molecular flexibility index (Phi) is 5.86. The van der Waals surface area contributed by atoms with E-state index in [0.29, 0.717) is 5.92 Å². The third-order valence-electron chi connectivity index (χ3n) is 3.15. The summed E-state index contributed by atoms with van der Waals surface area (Å²) < 4.78 is 2.01. The zero-order valence-corrected chi connectivity index (χ0v) is 12.7. The Morgan fingerprint density at radius 1 is 1.33 bits per heavy atom. The second-order valence-electron chi connectivity index (χ2n) is 6.19. The fourth-order valence-electron chi connectivity index (χ4n) is 2.15. The second-order valence-corrected chi connectivity index (χ2v) is 6.19. The van der Waals surface area contributed by atoms with Crippen molar-refractivity contribution >= 4 is 0 Å². The van der Waals surface area contributed by atoms with E-state index < -0.39 is 0 Å². The molecule has 104 valence electrons. The monoisotopic (exact) mass is 251 g/mol. The van der Waals surface area contributed by atoms with Gasteiger partial charge in [-0.25, -0.2) is 0 Å². The maximum absolute atomic E-state index is 4.35. The number of aromatic nitrogens is 2. The van der Waals surface area contributed by atoms with Gasteiger partial charge in [0.2, 0.25) is 0 Å². The minimum atomic E-state index is 0.208. The highest BCUT2D eigenvalue weighted by Crippen LogP contribution is 2.14. The van der Waals surface area contributed by atoms with Crippen molar-refractivity contribution in [2.24, 2.45) is 5.92 Å². The van der Waals surface area contributed by atoms with E-state index in [1.54, 1.807) is 0 Å². The average Bonchev–Trinajstić information content (AvgIpc) is 2.73. The van der Waals surface area contributed by atoms with Gasteiger partial charge >= 0.3 is 0 Å². The summed E-state index contributed by atoms with van der Waals surface area (Å²) in [6.07, 6.45) is 7.86. The van der Waals surface area contributed by atoms with E-state index in [1.807, 2.05) is 10.9 Å². The lowest BCUT2D eigenvalue weighted by Gasteiger charge is -2.25. The lowest BCUT2D eigenvalue weighted by atomic mass is 9.95. The molecule has 1 aromatic rings. The summed E-state index contributed by atoms with van der Waals surface area (Å²) in [6, 6.07) is 0. The van der Waals surface area contributed by atoms with Gasteiger partial charge in [0.05, 0.1) is 6.20 Å². The molecule has 0 aromatic carbocycles. The standard InChI is InChI=1S/C15H29N3/c1-6-8-13(10-16-15(3,4)5)9-14-11-17-18(7-2)12-14/h11-13,16H,6-10H2,1-5H3. The van der Waals surface area contributed by atoms with Crippen molar-refractivity contribution in [1.82, 2.24) is 15.1 Å². The normalized spacial score (nSPS) is 13.8. The van der Waals surface area contributed by atoms with E-state index >= 15 is 0 Å². The predicted octanol–water partition coefficient (Wildman–Crippen LogP) is 3.25. The van der Waals surface area contributed by atoms with Crippen LogP contribution in [0.4, 0.5) is 0 Å². The molecule has 1 heterocycles. The van der Waals surface area contributed by atoms with Crippen LogP contribution in [0.5, 0.6) is 0 Å². The molecule has 0 fully saturated rings. The molecule has 0 aliphatic rings. The van der Waals surface area contributed by atoms with Crippen molar-refractivity contribution in [3.8, 4) is 0 Å². The van der Waals surface area contributed by atoms with Crippen LogP contribution >= 0.6 is 0 Å². The smallest absolute Gasteiger partial charge is 0.0521 e. The first kappa shape index (κ1) is 15.2. The fourth-order valence-corrected chi connectivity index (χ4v) is 2.15. The molecule has 0 saturated heterocycles. The Labute approximate surface area is 112 Å². The van der Waals surface area contributed by atoms with Gasteiger partial charge in [0, 0.05) is 18.3 Å². The Morgan fingerprint density at radius 2 is 2.06 bits per heavy atom. The maximum Gasteiger partial charge on any atom is 0.0521 e. The molecule has 1 N–H and O–H groups in total. The van der Waals surface area contributed by atoms with E-state index in [1.165, 1.54) is 18.4 Å². The molecule has 0 aliphatic carbocycles. The first-order valence-corrected chi connectivity index (χ1v) is 7.21. The third kappa shape index (κ3) is 5.67. The number of rotatable bonds is 7. The molecule has 3 heteroatoms. The molecule has 0 saturated carbocycles. The molecule has 18 heavy (non-hydrogen) atoms. The van der Waals surface area contributed by atoms with Gasteiger partial charge in [-0.15, -0.1) is 0 Å². The summed E-state index contributed by atoms with van der Waals surface area (Å²) in [5.74, 6) is 0.712. The molecule has 3 nitrogen and oxygen atoms in total. The average molecular weight is 251 g/mol. The Hall–Kier alpha value is -0.830. The summed E-state index contributed by atoms with van der Waals surface area (Å²) >= 11 is 0. The zero-order chi connectivity index (χ0) is 13.6. The van der Waals surface area contributed by atoms with Gasteiger partial charge in [-0.2, -0.15) is 5.10 Å². The third-order valence-corrected chi connectivity index (χ3v) is 3.15. The van der Waals surface area contributed by atoms with E-state index in [2.05, 4.69) is 51.2 Å². The number of nitrogens with one attached hydrogen (secondary N) is 1. The van der Waals surface area contributed by atoms with Crippen LogP contribution in [0.1, 0.15) is 53.0 Å². The van der Waals surface area contributed by atoms with E-state index in [-0.39, 0.29) is 5.54 Å². The molecule has 0 spiro atoms. The molecular weight excluding hydrogens is 222 g/mol. The molecule has 1 aromatic heterocycles. The van der Waals surface area contributed by atoms with Gasteiger partial charge in [0.15, 0.2) is 0 Å². The maximum atomic E-state index is 4.35. The largest absolute Gasteiger partial charge is 0.312 e. The van der Waals surface area contributed by atoms with Crippen LogP contribution in [0.2, 0.25) is 0 Å². The fraction of sp³-hybridized carbons (Fsp3) is 0.800. The highest BCUT2D eigenvalue weighted by molar-refractivity contribution is 5.05. The number of aryl methyl sites for hydroxylation is 1. The van der Waals surface area contributed by atoms with Crippen molar-refractivity contribution in [3.63, 3.8) is 0 Å². The van der Waals surface area contributed by atoms with Crippen molar-refractivity contribution in [1.29, 1.82) is 0 Å². The Bertz CT molecular complexity index is 336. The Morgan fingerprint density at radius 3 is 2.56 bits per heavy atom. The SMILES string of the molecule is CCCC(CNC(C)(C)C)Cc1cnn(CC)c1. The molecule has 0 radical (unpaired) electrons. The molecule has 0 bridgehead atoms.